The third-order valence-electron chi connectivity index (χ3n) is 3.53. The highest BCUT2D eigenvalue weighted by atomic mass is 16.5. The number of aliphatic carboxylic acids is 1. The normalized spacial score (nSPS) is 23.5. The van der Waals surface area contributed by atoms with Crippen LogP contribution in [0.1, 0.15) is 27.2 Å². The average Bonchev–Trinajstić information content (AvgIpc) is 2.70. The van der Waals surface area contributed by atoms with E-state index in [9.17, 15) is 9.59 Å². The smallest absolute Gasteiger partial charge is 0.317 e. The summed E-state index contributed by atoms with van der Waals surface area (Å²) < 4.78 is 5.09. The molecule has 2 amide bonds. The molecule has 19 heavy (non-hydrogen) atoms. The number of amides is 2. The third-order valence-corrected chi connectivity index (χ3v) is 3.53. The van der Waals surface area contributed by atoms with Crippen molar-refractivity contribution in [2.75, 3.05) is 33.4 Å². The number of nitrogens with one attached hydrogen (secondary N) is 1. The Hall–Kier alpha value is -1.30. The fourth-order valence-corrected chi connectivity index (χ4v) is 2.18. The lowest BCUT2D eigenvalue weighted by Gasteiger charge is -2.26. The summed E-state index contributed by atoms with van der Waals surface area (Å²) in [5.74, 6) is -0.845. The lowest BCUT2D eigenvalue weighted by molar-refractivity contribution is -0.147. The Labute approximate surface area is 114 Å². The van der Waals surface area contributed by atoms with Gasteiger partial charge in [0.25, 0.3) is 0 Å². The van der Waals surface area contributed by atoms with E-state index in [0.29, 0.717) is 26.1 Å². The SMILES string of the molecule is COCC(C)(C)CNC(=O)N1CCC(C)(C(=O)O)C1. The number of ether oxygens (including phenoxy) is 1. The molecule has 2 N–H and O–H groups in total. The predicted octanol–water partition coefficient (Wildman–Crippen LogP) is 1.17. The number of carboxylic acids is 1. The molecule has 110 valence electrons. The van der Waals surface area contributed by atoms with E-state index in [2.05, 4.69) is 5.32 Å². The molecule has 0 aromatic carbocycles. The monoisotopic (exact) mass is 272 g/mol. The minimum atomic E-state index is -0.845. The Morgan fingerprint density at radius 1 is 1.47 bits per heavy atom. The highest BCUT2D eigenvalue weighted by Gasteiger charge is 2.42. The van der Waals surface area contributed by atoms with Gasteiger partial charge in [-0.05, 0) is 13.3 Å². The molecule has 0 bridgehead atoms. The average molecular weight is 272 g/mol. The molecule has 1 rings (SSSR count). The molecule has 1 aliphatic rings. The summed E-state index contributed by atoms with van der Waals surface area (Å²) in [5.41, 5.74) is -0.959. The third kappa shape index (κ3) is 4.09. The maximum absolute atomic E-state index is 12.0. The molecule has 1 unspecified atom stereocenters. The van der Waals surface area contributed by atoms with Gasteiger partial charge in [-0.3, -0.25) is 4.79 Å². The first kappa shape index (κ1) is 15.8. The van der Waals surface area contributed by atoms with Crippen LogP contribution in [0.2, 0.25) is 0 Å². The summed E-state index contributed by atoms with van der Waals surface area (Å²) in [4.78, 5) is 24.7. The molecule has 0 radical (unpaired) electrons. The van der Waals surface area contributed by atoms with E-state index in [4.69, 9.17) is 9.84 Å². The van der Waals surface area contributed by atoms with Crippen LogP contribution in [0, 0.1) is 10.8 Å². The van der Waals surface area contributed by atoms with Gasteiger partial charge in [0.05, 0.1) is 12.0 Å². The summed E-state index contributed by atoms with van der Waals surface area (Å²) in [6.07, 6.45) is 0.497. The zero-order valence-electron chi connectivity index (χ0n) is 12.2. The van der Waals surface area contributed by atoms with Crippen molar-refractivity contribution in [1.82, 2.24) is 10.2 Å². The quantitative estimate of drug-likeness (QED) is 0.787. The van der Waals surface area contributed by atoms with Gasteiger partial charge in [-0.25, -0.2) is 4.79 Å². The molecule has 1 heterocycles. The number of methoxy groups -OCH3 is 1. The number of nitrogens with zero attached hydrogens (tertiary/aromatic N) is 1. The van der Waals surface area contributed by atoms with Crippen LogP contribution in [-0.4, -0.2) is 55.4 Å². The summed E-state index contributed by atoms with van der Waals surface area (Å²) in [6, 6.07) is -0.200. The van der Waals surface area contributed by atoms with Crippen LogP contribution in [-0.2, 0) is 9.53 Å². The Morgan fingerprint density at radius 3 is 2.58 bits per heavy atom. The number of likely N-dealkylation sites (tertiary alicyclic amines) is 1. The Kier molecular flexibility index (Phi) is 4.79. The fourth-order valence-electron chi connectivity index (χ4n) is 2.18. The lowest BCUT2D eigenvalue weighted by atomic mass is 9.90. The second-order valence-corrected chi connectivity index (χ2v) is 6.29. The highest BCUT2D eigenvalue weighted by Crippen LogP contribution is 2.30. The summed E-state index contributed by atoms with van der Waals surface area (Å²) in [6.45, 7) is 7.49. The fraction of sp³-hybridized carbons (Fsp3) is 0.846. The molecule has 1 atom stereocenters. The molecule has 0 saturated carbocycles. The van der Waals surface area contributed by atoms with Gasteiger partial charge >= 0.3 is 12.0 Å². The lowest BCUT2D eigenvalue weighted by Crippen LogP contribution is -2.44. The van der Waals surface area contributed by atoms with Crippen molar-refractivity contribution in [2.24, 2.45) is 10.8 Å². The summed E-state index contributed by atoms with van der Waals surface area (Å²) in [5, 5.41) is 12.0. The van der Waals surface area contributed by atoms with Crippen molar-refractivity contribution >= 4 is 12.0 Å². The molecule has 6 nitrogen and oxygen atoms in total. The number of hydrogen-bond donors (Lipinski definition) is 2. The zero-order valence-corrected chi connectivity index (χ0v) is 12.2. The molecule has 0 aromatic rings. The van der Waals surface area contributed by atoms with Crippen LogP contribution < -0.4 is 5.32 Å². The summed E-state index contributed by atoms with van der Waals surface area (Å²) >= 11 is 0. The second kappa shape index (κ2) is 5.77. The molecule has 0 aromatic heterocycles. The Balaban J connectivity index is 2.46. The molecule has 1 saturated heterocycles. The van der Waals surface area contributed by atoms with Gasteiger partial charge < -0.3 is 20.1 Å². The predicted molar refractivity (Wildman–Crippen MR) is 71.0 cm³/mol. The van der Waals surface area contributed by atoms with Crippen molar-refractivity contribution in [3.63, 3.8) is 0 Å². The van der Waals surface area contributed by atoms with E-state index in [1.807, 2.05) is 13.8 Å². The number of urea groups is 1. The van der Waals surface area contributed by atoms with Crippen LogP contribution in [0.15, 0.2) is 0 Å². The molecule has 0 aliphatic carbocycles. The maximum atomic E-state index is 12.0. The summed E-state index contributed by atoms with van der Waals surface area (Å²) in [7, 11) is 1.63. The van der Waals surface area contributed by atoms with E-state index in [0.717, 1.165) is 0 Å². The van der Waals surface area contributed by atoms with Crippen molar-refractivity contribution in [3.8, 4) is 0 Å². The van der Waals surface area contributed by atoms with Crippen molar-refractivity contribution in [1.29, 1.82) is 0 Å². The molecule has 6 heteroatoms. The largest absolute Gasteiger partial charge is 0.481 e. The van der Waals surface area contributed by atoms with E-state index < -0.39 is 11.4 Å². The highest BCUT2D eigenvalue weighted by molar-refractivity contribution is 5.79. The van der Waals surface area contributed by atoms with Gasteiger partial charge in [0.1, 0.15) is 0 Å². The molecule has 1 fully saturated rings. The standard InChI is InChI=1S/C13H24N2O4/c1-12(2,9-19-4)7-14-11(18)15-6-5-13(3,8-15)10(16)17/h5-9H2,1-4H3,(H,14,18)(H,16,17). The van der Waals surface area contributed by atoms with Crippen LogP contribution in [0.3, 0.4) is 0 Å². The number of rotatable bonds is 5. The van der Waals surface area contributed by atoms with Crippen molar-refractivity contribution in [2.45, 2.75) is 27.2 Å². The van der Waals surface area contributed by atoms with Gasteiger partial charge in [-0.15, -0.1) is 0 Å². The zero-order chi connectivity index (χ0) is 14.7. The van der Waals surface area contributed by atoms with Crippen LogP contribution >= 0.6 is 0 Å². The van der Waals surface area contributed by atoms with E-state index in [1.165, 1.54) is 0 Å². The first-order valence-corrected chi connectivity index (χ1v) is 6.45. The van der Waals surface area contributed by atoms with Gasteiger partial charge in [-0.2, -0.15) is 0 Å². The first-order chi connectivity index (χ1) is 8.70. The molecular weight excluding hydrogens is 248 g/mol. The Morgan fingerprint density at radius 2 is 2.11 bits per heavy atom. The van der Waals surface area contributed by atoms with Crippen molar-refractivity contribution < 1.29 is 19.4 Å². The number of carbonyl (C=O) groups is 2. The topological polar surface area (TPSA) is 78.9 Å². The number of carbonyl (C=O) groups excluding carboxylic acids is 1. The molecule has 0 spiro atoms. The van der Waals surface area contributed by atoms with Gasteiger partial charge in [0.2, 0.25) is 0 Å². The van der Waals surface area contributed by atoms with Crippen LogP contribution in [0.5, 0.6) is 0 Å². The number of hydrogen-bond acceptors (Lipinski definition) is 3. The van der Waals surface area contributed by atoms with Crippen LogP contribution in [0.4, 0.5) is 4.79 Å². The minimum absolute atomic E-state index is 0.139. The van der Waals surface area contributed by atoms with Gasteiger partial charge in [0.15, 0.2) is 0 Å². The maximum Gasteiger partial charge on any atom is 0.317 e. The molecular formula is C13H24N2O4. The van der Waals surface area contributed by atoms with E-state index in [1.54, 1.807) is 18.9 Å². The van der Waals surface area contributed by atoms with Gasteiger partial charge in [0, 0.05) is 32.2 Å². The van der Waals surface area contributed by atoms with Gasteiger partial charge in [-0.1, -0.05) is 13.8 Å². The van der Waals surface area contributed by atoms with Crippen molar-refractivity contribution in [3.05, 3.63) is 0 Å². The van der Waals surface area contributed by atoms with Crippen LogP contribution in [0.25, 0.3) is 0 Å². The number of carboxylic acid groups (broad SMARTS) is 1. The van der Waals surface area contributed by atoms with E-state index in [-0.39, 0.29) is 18.0 Å². The molecule has 1 aliphatic heterocycles. The van der Waals surface area contributed by atoms with E-state index >= 15 is 0 Å². The second-order valence-electron chi connectivity index (χ2n) is 6.29. The Bertz CT molecular complexity index is 357. The minimum Gasteiger partial charge on any atom is -0.481 e. The first-order valence-electron chi connectivity index (χ1n) is 6.45.